The number of hydrogen-bond acceptors (Lipinski definition) is 3. The molecule has 0 saturated heterocycles. The Balaban J connectivity index is 1.49. The van der Waals surface area contributed by atoms with Gasteiger partial charge in [-0.1, -0.05) is 31.0 Å². The Morgan fingerprint density at radius 2 is 1.95 bits per heavy atom. The molecule has 4 nitrogen and oxygen atoms in total. The summed E-state index contributed by atoms with van der Waals surface area (Å²) in [5.74, 6) is 0.486. The van der Waals surface area contributed by atoms with Crippen LogP contribution in [0.2, 0.25) is 0 Å². The predicted molar refractivity (Wildman–Crippen MR) is 83.2 cm³/mol. The topological polar surface area (TPSA) is 50.1 Å². The van der Waals surface area contributed by atoms with Gasteiger partial charge in [0.1, 0.15) is 0 Å². The highest BCUT2D eigenvalue weighted by Crippen LogP contribution is 2.27. The fourth-order valence-electron chi connectivity index (χ4n) is 3.04. The molecule has 1 atom stereocenters. The summed E-state index contributed by atoms with van der Waals surface area (Å²) < 4.78 is 1.88. The van der Waals surface area contributed by atoms with E-state index in [4.69, 9.17) is 0 Å². The monoisotopic (exact) mass is 285 g/mol. The number of aliphatic hydroxyl groups excluding tert-OH is 1. The maximum atomic E-state index is 10.1. The highest BCUT2D eigenvalue weighted by molar-refractivity contribution is 5.30. The predicted octanol–water partition coefficient (Wildman–Crippen LogP) is 2.51. The molecule has 1 heterocycles. The zero-order valence-electron chi connectivity index (χ0n) is 12.3. The lowest BCUT2D eigenvalue weighted by Crippen LogP contribution is -2.31. The molecule has 1 aromatic carbocycles. The second-order valence-electron chi connectivity index (χ2n) is 5.83. The molecule has 1 fully saturated rings. The second-order valence-corrected chi connectivity index (χ2v) is 5.83. The number of hydrogen-bond donors (Lipinski definition) is 2. The first kappa shape index (κ1) is 14.3. The summed E-state index contributed by atoms with van der Waals surface area (Å²) in [6.45, 7) is 1.35. The van der Waals surface area contributed by atoms with Crippen LogP contribution >= 0.6 is 0 Å². The molecule has 1 unspecified atom stereocenters. The Morgan fingerprint density at radius 1 is 1.19 bits per heavy atom. The number of benzene rings is 1. The van der Waals surface area contributed by atoms with Crippen molar-refractivity contribution in [1.82, 2.24) is 15.1 Å². The van der Waals surface area contributed by atoms with Crippen LogP contribution in [0.15, 0.2) is 42.6 Å². The van der Waals surface area contributed by atoms with Gasteiger partial charge >= 0.3 is 0 Å². The van der Waals surface area contributed by atoms with Crippen molar-refractivity contribution >= 4 is 0 Å². The molecule has 2 N–H and O–H groups in total. The van der Waals surface area contributed by atoms with Gasteiger partial charge in [0, 0.05) is 19.3 Å². The minimum atomic E-state index is -0.219. The van der Waals surface area contributed by atoms with Crippen LogP contribution in [0.25, 0.3) is 5.69 Å². The normalized spacial score (nSPS) is 17.2. The molecule has 1 aliphatic carbocycles. The molecule has 0 radical (unpaired) electrons. The summed E-state index contributed by atoms with van der Waals surface area (Å²) in [4.78, 5) is 0. The van der Waals surface area contributed by atoms with E-state index in [0.717, 1.165) is 11.4 Å². The summed E-state index contributed by atoms with van der Waals surface area (Å²) in [7, 11) is 0. The minimum Gasteiger partial charge on any atom is -0.392 e. The van der Waals surface area contributed by atoms with Crippen molar-refractivity contribution in [3.05, 3.63) is 48.3 Å². The number of nitrogens with zero attached hydrogens (tertiary/aromatic N) is 2. The number of nitrogens with one attached hydrogen (secondary N) is 1. The van der Waals surface area contributed by atoms with Crippen LogP contribution in [0.4, 0.5) is 0 Å². The Hall–Kier alpha value is -1.65. The average molecular weight is 285 g/mol. The van der Waals surface area contributed by atoms with Crippen molar-refractivity contribution in [3.8, 4) is 5.69 Å². The summed E-state index contributed by atoms with van der Waals surface area (Å²) in [5, 5.41) is 18.0. The van der Waals surface area contributed by atoms with E-state index < -0.39 is 0 Å². The molecule has 2 aromatic rings. The average Bonchev–Trinajstić information content (AvgIpc) is 3.20. The van der Waals surface area contributed by atoms with E-state index in [2.05, 4.69) is 10.4 Å². The fourth-order valence-corrected chi connectivity index (χ4v) is 3.04. The lowest BCUT2D eigenvalue weighted by molar-refractivity contribution is 0.109. The maximum absolute atomic E-state index is 10.1. The van der Waals surface area contributed by atoms with E-state index in [1.807, 2.05) is 47.3 Å². The molecule has 0 bridgehead atoms. The van der Waals surface area contributed by atoms with Gasteiger partial charge in [-0.3, -0.25) is 0 Å². The van der Waals surface area contributed by atoms with Crippen molar-refractivity contribution in [2.45, 2.75) is 38.3 Å². The molecule has 1 aromatic heterocycles. The van der Waals surface area contributed by atoms with Gasteiger partial charge in [-0.2, -0.15) is 5.10 Å². The highest BCUT2D eigenvalue weighted by Gasteiger charge is 2.22. The Bertz CT molecular complexity index is 546. The van der Waals surface area contributed by atoms with Gasteiger partial charge in [0.05, 0.1) is 17.5 Å². The van der Waals surface area contributed by atoms with Crippen LogP contribution in [0.5, 0.6) is 0 Å². The first-order valence-electron chi connectivity index (χ1n) is 7.82. The van der Waals surface area contributed by atoms with E-state index in [1.165, 1.54) is 25.7 Å². The van der Waals surface area contributed by atoms with Gasteiger partial charge in [-0.15, -0.1) is 0 Å². The van der Waals surface area contributed by atoms with Crippen LogP contribution < -0.4 is 5.32 Å². The molecular formula is C17H23N3O. The van der Waals surface area contributed by atoms with Crippen molar-refractivity contribution in [2.75, 3.05) is 6.54 Å². The first-order chi connectivity index (χ1) is 10.3. The Morgan fingerprint density at radius 3 is 2.71 bits per heavy atom. The Kier molecular flexibility index (Phi) is 4.68. The van der Waals surface area contributed by atoms with Gasteiger partial charge in [0.15, 0.2) is 0 Å². The summed E-state index contributed by atoms with van der Waals surface area (Å²) in [5.41, 5.74) is 2.06. The van der Waals surface area contributed by atoms with E-state index in [1.54, 1.807) is 0 Å². The third-order valence-electron chi connectivity index (χ3n) is 4.27. The number of rotatable bonds is 6. The van der Waals surface area contributed by atoms with Gasteiger partial charge in [-0.25, -0.2) is 4.68 Å². The van der Waals surface area contributed by atoms with Gasteiger partial charge in [-0.05, 0) is 37.0 Å². The highest BCUT2D eigenvalue weighted by atomic mass is 16.3. The standard InChI is InChI=1S/C17H23N3O/c21-17(14-6-4-5-7-14)13-18-12-15-10-11-20(19-15)16-8-2-1-3-9-16/h1-3,8-11,14,17-18,21H,4-7,12-13H2. The van der Waals surface area contributed by atoms with Crippen LogP contribution in [0.3, 0.4) is 0 Å². The molecule has 21 heavy (non-hydrogen) atoms. The van der Waals surface area contributed by atoms with E-state index in [-0.39, 0.29) is 6.10 Å². The summed E-state index contributed by atoms with van der Waals surface area (Å²) in [6.07, 6.45) is 6.63. The molecule has 112 valence electrons. The number of aromatic nitrogens is 2. The Labute approximate surface area is 125 Å². The summed E-state index contributed by atoms with van der Waals surface area (Å²) >= 11 is 0. The molecule has 1 saturated carbocycles. The molecule has 0 spiro atoms. The number of para-hydroxylation sites is 1. The first-order valence-corrected chi connectivity index (χ1v) is 7.82. The minimum absolute atomic E-state index is 0.219. The zero-order chi connectivity index (χ0) is 14.5. The van der Waals surface area contributed by atoms with E-state index >= 15 is 0 Å². The summed E-state index contributed by atoms with van der Waals surface area (Å²) in [6, 6.07) is 12.1. The molecule has 3 rings (SSSR count). The second kappa shape index (κ2) is 6.87. The van der Waals surface area contributed by atoms with Crippen molar-refractivity contribution in [1.29, 1.82) is 0 Å². The maximum Gasteiger partial charge on any atom is 0.0766 e. The largest absolute Gasteiger partial charge is 0.392 e. The van der Waals surface area contributed by atoms with E-state index in [9.17, 15) is 5.11 Å². The lowest BCUT2D eigenvalue weighted by Gasteiger charge is -2.17. The molecule has 0 amide bonds. The van der Waals surface area contributed by atoms with Crippen LogP contribution in [0, 0.1) is 5.92 Å². The van der Waals surface area contributed by atoms with Gasteiger partial charge < -0.3 is 10.4 Å². The third kappa shape index (κ3) is 3.71. The van der Waals surface area contributed by atoms with E-state index in [0.29, 0.717) is 19.0 Å². The van der Waals surface area contributed by atoms with Crippen LogP contribution in [0.1, 0.15) is 31.4 Å². The molecule has 1 aliphatic rings. The molecule has 0 aliphatic heterocycles. The smallest absolute Gasteiger partial charge is 0.0766 e. The van der Waals surface area contributed by atoms with Gasteiger partial charge in [0.2, 0.25) is 0 Å². The van der Waals surface area contributed by atoms with Crippen LogP contribution in [-0.2, 0) is 6.54 Å². The van der Waals surface area contributed by atoms with Crippen molar-refractivity contribution < 1.29 is 5.11 Å². The molecule has 4 heteroatoms. The number of aliphatic hydroxyl groups is 1. The van der Waals surface area contributed by atoms with Gasteiger partial charge in [0.25, 0.3) is 0 Å². The quantitative estimate of drug-likeness (QED) is 0.857. The molecular weight excluding hydrogens is 262 g/mol. The SMILES string of the molecule is OC(CNCc1ccn(-c2ccccc2)n1)C1CCCC1. The fraction of sp³-hybridized carbons (Fsp3) is 0.471. The van der Waals surface area contributed by atoms with Crippen LogP contribution in [-0.4, -0.2) is 27.5 Å². The lowest BCUT2D eigenvalue weighted by atomic mass is 10.0. The third-order valence-corrected chi connectivity index (χ3v) is 4.27. The zero-order valence-corrected chi connectivity index (χ0v) is 12.3. The van der Waals surface area contributed by atoms with Crippen molar-refractivity contribution in [3.63, 3.8) is 0 Å². The van der Waals surface area contributed by atoms with Crippen molar-refractivity contribution in [2.24, 2.45) is 5.92 Å².